The lowest BCUT2D eigenvalue weighted by atomic mass is 10.0. The van der Waals surface area contributed by atoms with Crippen molar-refractivity contribution in [3.8, 4) is 11.3 Å². The molecule has 0 atom stereocenters. The van der Waals surface area contributed by atoms with Crippen molar-refractivity contribution < 1.29 is 4.57 Å². The van der Waals surface area contributed by atoms with Crippen LogP contribution in [0.4, 0.5) is 0 Å². The third kappa shape index (κ3) is 1.76. The zero-order chi connectivity index (χ0) is 12.5. The molecule has 88 valence electrons. The van der Waals surface area contributed by atoms with Crippen molar-refractivity contribution in [3.63, 3.8) is 0 Å². The number of rotatable bonds is 1. The number of benzene rings is 1. The third-order valence-electron chi connectivity index (χ3n) is 3.31. The van der Waals surface area contributed by atoms with Crippen molar-refractivity contribution in [2.24, 2.45) is 7.05 Å². The second kappa shape index (κ2) is 4.22. The van der Waals surface area contributed by atoms with Gasteiger partial charge in [-0.15, -0.1) is 0 Å². The maximum atomic E-state index is 4.16. The molecule has 0 aliphatic rings. The van der Waals surface area contributed by atoms with Gasteiger partial charge in [-0.25, -0.2) is 4.57 Å². The number of fused-ring (bicyclic) bond motifs is 1. The van der Waals surface area contributed by atoms with Crippen LogP contribution in [0, 0.1) is 6.92 Å². The van der Waals surface area contributed by atoms with E-state index in [2.05, 4.69) is 66.1 Å². The van der Waals surface area contributed by atoms with Crippen LogP contribution in [0.5, 0.6) is 0 Å². The van der Waals surface area contributed by atoms with E-state index in [0.717, 1.165) is 5.39 Å². The summed E-state index contributed by atoms with van der Waals surface area (Å²) in [4.78, 5) is 4.16. The Bertz CT molecular complexity index is 717. The van der Waals surface area contributed by atoms with E-state index in [1.807, 2.05) is 12.4 Å². The highest BCUT2D eigenvalue weighted by Gasteiger charge is 2.13. The molecule has 0 bridgehead atoms. The number of nitrogens with zero attached hydrogens (tertiary/aromatic N) is 2. The molecule has 2 aromatic heterocycles. The second-order valence-electron chi connectivity index (χ2n) is 4.59. The summed E-state index contributed by atoms with van der Waals surface area (Å²) >= 11 is 0. The van der Waals surface area contributed by atoms with Gasteiger partial charge in [0.2, 0.25) is 5.69 Å². The van der Waals surface area contributed by atoms with E-state index >= 15 is 0 Å². The van der Waals surface area contributed by atoms with Gasteiger partial charge in [0.05, 0.1) is 5.39 Å². The lowest BCUT2D eigenvalue weighted by Crippen LogP contribution is -2.30. The Kier molecular flexibility index (Phi) is 2.56. The molecule has 0 spiro atoms. The minimum absolute atomic E-state index is 1.16. The van der Waals surface area contributed by atoms with Gasteiger partial charge in [0.15, 0.2) is 6.20 Å². The zero-order valence-corrected chi connectivity index (χ0v) is 10.6. The van der Waals surface area contributed by atoms with E-state index in [0.29, 0.717) is 0 Å². The highest BCUT2D eigenvalue weighted by molar-refractivity contribution is 5.83. The van der Waals surface area contributed by atoms with Gasteiger partial charge in [-0.1, -0.05) is 18.2 Å². The number of hydrogen-bond donors (Lipinski definition) is 0. The predicted octanol–water partition coefficient (Wildman–Crippen LogP) is 3.03. The van der Waals surface area contributed by atoms with Gasteiger partial charge < -0.3 is 0 Å². The summed E-state index contributed by atoms with van der Waals surface area (Å²) < 4.78 is 2.16. The Hall–Kier alpha value is -2.22. The molecule has 18 heavy (non-hydrogen) atoms. The molecule has 0 saturated heterocycles. The fourth-order valence-corrected chi connectivity index (χ4v) is 2.31. The van der Waals surface area contributed by atoms with Crippen LogP contribution in [-0.2, 0) is 7.05 Å². The first-order chi connectivity index (χ1) is 8.75. The fraction of sp³-hybridized carbons (Fsp3) is 0.125. The molecule has 0 fully saturated rings. The molecule has 3 aromatic rings. The van der Waals surface area contributed by atoms with Gasteiger partial charge in [-0.2, -0.15) is 0 Å². The van der Waals surface area contributed by atoms with E-state index in [9.17, 15) is 0 Å². The summed E-state index contributed by atoms with van der Waals surface area (Å²) in [6.45, 7) is 2.14. The van der Waals surface area contributed by atoms with Gasteiger partial charge in [-0.3, -0.25) is 4.98 Å². The minimum Gasteiger partial charge on any atom is -0.264 e. The quantitative estimate of drug-likeness (QED) is 0.592. The fourth-order valence-electron chi connectivity index (χ4n) is 2.31. The molecule has 0 unspecified atom stereocenters. The zero-order valence-electron chi connectivity index (χ0n) is 10.6. The molecule has 2 heteroatoms. The van der Waals surface area contributed by atoms with Crippen LogP contribution in [0.25, 0.3) is 22.0 Å². The maximum absolute atomic E-state index is 4.16. The SMILES string of the molecule is Cc1ccccc1-c1cc2ccncc2c[n+]1C. The minimum atomic E-state index is 1.16. The van der Waals surface area contributed by atoms with Crippen molar-refractivity contribution in [3.05, 3.63) is 60.6 Å². The first kappa shape index (κ1) is 10.9. The summed E-state index contributed by atoms with van der Waals surface area (Å²) in [6, 6.07) is 12.7. The van der Waals surface area contributed by atoms with Gasteiger partial charge in [0, 0.05) is 24.0 Å². The highest BCUT2D eigenvalue weighted by Crippen LogP contribution is 2.22. The molecular formula is C16H15N2+. The average molecular weight is 235 g/mol. The Morgan fingerprint density at radius 3 is 2.72 bits per heavy atom. The Morgan fingerprint density at radius 1 is 1.06 bits per heavy atom. The van der Waals surface area contributed by atoms with Crippen LogP contribution in [0.1, 0.15) is 5.56 Å². The van der Waals surface area contributed by atoms with E-state index in [1.165, 1.54) is 22.2 Å². The first-order valence-corrected chi connectivity index (χ1v) is 6.05. The van der Waals surface area contributed by atoms with Crippen LogP contribution in [0.15, 0.2) is 55.0 Å². The number of hydrogen-bond acceptors (Lipinski definition) is 1. The number of aryl methyl sites for hydroxylation is 2. The number of pyridine rings is 2. The normalized spacial score (nSPS) is 10.8. The molecule has 0 amide bonds. The molecule has 0 saturated carbocycles. The topological polar surface area (TPSA) is 16.8 Å². The molecule has 1 aromatic carbocycles. The Labute approximate surface area is 107 Å². The van der Waals surface area contributed by atoms with Crippen LogP contribution in [-0.4, -0.2) is 4.98 Å². The van der Waals surface area contributed by atoms with Gasteiger partial charge in [0.1, 0.15) is 7.05 Å². The molecule has 0 radical (unpaired) electrons. The van der Waals surface area contributed by atoms with E-state index in [-0.39, 0.29) is 0 Å². The summed E-state index contributed by atoms with van der Waals surface area (Å²) in [7, 11) is 2.08. The summed E-state index contributed by atoms with van der Waals surface area (Å²) in [5.41, 5.74) is 3.80. The van der Waals surface area contributed by atoms with Gasteiger partial charge >= 0.3 is 0 Å². The molecule has 0 aliphatic carbocycles. The van der Waals surface area contributed by atoms with Crippen molar-refractivity contribution >= 4 is 10.8 Å². The van der Waals surface area contributed by atoms with Gasteiger partial charge in [0.25, 0.3) is 0 Å². The average Bonchev–Trinajstić information content (AvgIpc) is 2.39. The second-order valence-corrected chi connectivity index (χ2v) is 4.59. The van der Waals surface area contributed by atoms with Crippen LogP contribution < -0.4 is 4.57 Å². The molecule has 3 rings (SSSR count). The van der Waals surface area contributed by atoms with Crippen molar-refractivity contribution in [1.29, 1.82) is 0 Å². The third-order valence-corrected chi connectivity index (χ3v) is 3.31. The van der Waals surface area contributed by atoms with Crippen molar-refractivity contribution in [2.75, 3.05) is 0 Å². The van der Waals surface area contributed by atoms with E-state index < -0.39 is 0 Å². The summed E-state index contributed by atoms with van der Waals surface area (Å²) in [6.07, 6.45) is 5.87. The summed E-state index contributed by atoms with van der Waals surface area (Å²) in [5, 5.41) is 2.39. The lowest BCUT2D eigenvalue weighted by Gasteiger charge is -2.05. The Balaban J connectivity index is 2.30. The standard InChI is InChI=1S/C16H15N2/c1-12-5-3-4-6-15(12)16-9-13-7-8-17-10-14(13)11-18(16)2/h3-11H,1-2H3/q+1. The molecule has 0 aliphatic heterocycles. The largest absolute Gasteiger partial charge is 0.264 e. The van der Waals surface area contributed by atoms with Crippen molar-refractivity contribution in [2.45, 2.75) is 6.92 Å². The number of aromatic nitrogens is 2. The monoisotopic (exact) mass is 235 g/mol. The summed E-state index contributed by atoms with van der Waals surface area (Å²) in [5.74, 6) is 0. The molecule has 2 heterocycles. The van der Waals surface area contributed by atoms with E-state index in [4.69, 9.17) is 0 Å². The maximum Gasteiger partial charge on any atom is 0.213 e. The molecular weight excluding hydrogens is 220 g/mol. The van der Waals surface area contributed by atoms with Crippen molar-refractivity contribution in [1.82, 2.24) is 4.98 Å². The van der Waals surface area contributed by atoms with E-state index in [1.54, 1.807) is 0 Å². The van der Waals surface area contributed by atoms with Crippen LogP contribution in [0.3, 0.4) is 0 Å². The predicted molar refractivity (Wildman–Crippen MR) is 73.1 cm³/mol. The first-order valence-electron chi connectivity index (χ1n) is 6.05. The van der Waals surface area contributed by atoms with Crippen LogP contribution in [0.2, 0.25) is 0 Å². The van der Waals surface area contributed by atoms with Gasteiger partial charge in [-0.05, 0) is 30.0 Å². The molecule has 2 nitrogen and oxygen atoms in total. The highest BCUT2D eigenvalue weighted by atomic mass is 14.9. The smallest absolute Gasteiger partial charge is 0.213 e. The lowest BCUT2D eigenvalue weighted by molar-refractivity contribution is -0.659. The van der Waals surface area contributed by atoms with Crippen LogP contribution >= 0.6 is 0 Å². The Morgan fingerprint density at radius 2 is 1.89 bits per heavy atom. The molecule has 0 N–H and O–H groups in total.